The molecule has 5 heteroatoms. The third kappa shape index (κ3) is 4.80. The monoisotopic (exact) mass is 289 g/mol. The first-order valence-electron chi connectivity index (χ1n) is 6.61. The molecule has 1 amide bonds. The average Bonchev–Trinajstić information content (AvgIpc) is 2.46. The van der Waals surface area contributed by atoms with Crippen molar-refractivity contribution >= 4 is 11.6 Å². The molecule has 21 heavy (non-hydrogen) atoms. The van der Waals surface area contributed by atoms with Gasteiger partial charge in [-0.2, -0.15) is 0 Å². The van der Waals surface area contributed by atoms with E-state index in [4.69, 9.17) is 4.74 Å². The van der Waals surface area contributed by atoms with Crippen LogP contribution in [0.1, 0.15) is 12.8 Å². The highest BCUT2D eigenvalue weighted by Gasteiger charge is 2.05. The standard InChI is InChI=1S/C16H16FNO3/c17-12-5-3-6-13(11-12)21-10-4-9-16(20)18-14-7-1-2-8-15(14)19/h1-3,5-8,11,19H,4,9-10H2,(H,18,20). The van der Waals surface area contributed by atoms with Gasteiger partial charge in [-0.05, 0) is 30.7 Å². The molecule has 0 atom stereocenters. The molecule has 0 bridgehead atoms. The number of ether oxygens (including phenoxy) is 1. The average molecular weight is 289 g/mol. The molecule has 0 aliphatic carbocycles. The number of carbonyl (C=O) groups excluding carboxylic acids is 1. The van der Waals surface area contributed by atoms with E-state index in [2.05, 4.69) is 5.32 Å². The molecule has 0 saturated heterocycles. The number of para-hydroxylation sites is 2. The van der Waals surface area contributed by atoms with Crippen molar-refractivity contribution in [2.75, 3.05) is 11.9 Å². The van der Waals surface area contributed by atoms with Crippen LogP contribution < -0.4 is 10.1 Å². The molecule has 0 aliphatic rings. The van der Waals surface area contributed by atoms with Crippen molar-refractivity contribution in [2.45, 2.75) is 12.8 Å². The Morgan fingerprint density at radius 3 is 2.76 bits per heavy atom. The first kappa shape index (κ1) is 14.8. The number of amides is 1. The molecule has 2 N–H and O–H groups in total. The number of nitrogens with one attached hydrogen (secondary N) is 1. The number of anilines is 1. The molecule has 110 valence electrons. The summed E-state index contributed by atoms with van der Waals surface area (Å²) in [6.07, 6.45) is 0.750. The van der Waals surface area contributed by atoms with Crippen LogP contribution in [-0.4, -0.2) is 17.6 Å². The summed E-state index contributed by atoms with van der Waals surface area (Å²) in [6.45, 7) is 0.317. The number of rotatable bonds is 6. The predicted molar refractivity (Wildman–Crippen MR) is 77.9 cm³/mol. The molecule has 0 aliphatic heterocycles. The fraction of sp³-hybridized carbons (Fsp3) is 0.188. The molecular formula is C16H16FNO3. The highest BCUT2D eigenvalue weighted by molar-refractivity contribution is 5.92. The van der Waals surface area contributed by atoms with Crippen molar-refractivity contribution in [1.29, 1.82) is 0 Å². The highest BCUT2D eigenvalue weighted by Crippen LogP contribution is 2.21. The van der Waals surface area contributed by atoms with E-state index in [0.717, 1.165) is 0 Å². The van der Waals surface area contributed by atoms with E-state index in [-0.39, 0.29) is 23.9 Å². The molecule has 0 radical (unpaired) electrons. The Bertz CT molecular complexity index is 616. The van der Waals surface area contributed by atoms with Gasteiger partial charge in [0.1, 0.15) is 17.3 Å². The second kappa shape index (κ2) is 7.28. The molecule has 0 heterocycles. The maximum atomic E-state index is 12.9. The number of phenolic OH excluding ortho intramolecular Hbond substituents is 1. The molecule has 2 aromatic carbocycles. The molecule has 0 spiro atoms. The lowest BCUT2D eigenvalue weighted by Gasteiger charge is -2.08. The lowest BCUT2D eigenvalue weighted by atomic mass is 10.2. The fourth-order valence-corrected chi connectivity index (χ4v) is 1.77. The van der Waals surface area contributed by atoms with Gasteiger partial charge in [-0.3, -0.25) is 4.79 Å². The van der Waals surface area contributed by atoms with Crippen molar-refractivity contribution in [2.24, 2.45) is 0 Å². The second-order valence-corrected chi connectivity index (χ2v) is 4.47. The van der Waals surface area contributed by atoms with E-state index in [9.17, 15) is 14.3 Å². The third-order valence-corrected chi connectivity index (χ3v) is 2.79. The van der Waals surface area contributed by atoms with Gasteiger partial charge in [-0.25, -0.2) is 4.39 Å². The van der Waals surface area contributed by atoms with Gasteiger partial charge < -0.3 is 15.2 Å². The Morgan fingerprint density at radius 1 is 1.19 bits per heavy atom. The van der Waals surface area contributed by atoms with Gasteiger partial charge in [0.15, 0.2) is 0 Å². The number of aromatic hydroxyl groups is 1. The predicted octanol–water partition coefficient (Wildman–Crippen LogP) is 3.33. The lowest BCUT2D eigenvalue weighted by Crippen LogP contribution is -2.12. The first-order chi connectivity index (χ1) is 10.1. The summed E-state index contributed by atoms with van der Waals surface area (Å²) in [5, 5.41) is 12.1. The molecule has 0 unspecified atom stereocenters. The summed E-state index contributed by atoms with van der Waals surface area (Å²) < 4.78 is 18.3. The first-order valence-corrected chi connectivity index (χ1v) is 6.61. The van der Waals surface area contributed by atoms with Crippen LogP contribution in [0.3, 0.4) is 0 Å². The zero-order chi connectivity index (χ0) is 15.1. The van der Waals surface area contributed by atoms with Crippen LogP contribution in [0, 0.1) is 5.82 Å². The Kier molecular flexibility index (Phi) is 5.15. The minimum Gasteiger partial charge on any atom is -0.506 e. The third-order valence-electron chi connectivity index (χ3n) is 2.79. The van der Waals surface area contributed by atoms with Crippen LogP contribution in [0.25, 0.3) is 0 Å². The quantitative estimate of drug-likeness (QED) is 0.633. The van der Waals surface area contributed by atoms with E-state index in [1.54, 1.807) is 30.3 Å². The summed E-state index contributed by atoms with van der Waals surface area (Å²) in [4.78, 5) is 11.7. The van der Waals surface area contributed by atoms with E-state index in [1.807, 2.05) is 0 Å². The fourth-order valence-electron chi connectivity index (χ4n) is 1.77. The molecular weight excluding hydrogens is 273 g/mol. The van der Waals surface area contributed by atoms with E-state index in [0.29, 0.717) is 24.5 Å². The minimum atomic E-state index is -0.357. The number of halogens is 1. The van der Waals surface area contributed by atoms with Gasteiger partial charge in [0.2, 0.25) is 5.91 Å². The van der Waals surface area contributed by atoms with Crippen LogP contribution in [0.5, 0.6) is 11.5 Å². The summed E-state index contributed by atoms with van der Waals surface area (Å²) in [7, 11) is 0. The lowest BCUT2D eigenvalue weighted by molar-refractivity contribution is -0.116. The van der Waals surface area contributed by atoms with Crippen molar-refractivity contribution < 1.29 is 19.0 Å². The van der Waals surface area contributed by atoms with Gasteiger partial charge >= 0.3 is 0 Å². The number of carbonyl (C=O) groups is 1. The summed E-state index contributed by atoms with van der Waals surface area (Å²) in [5.74, 6) is -0.0953. The zero-order valence-corrected chi connectivity index (χ0v) is 11.4. The smallest absolute Gasteiger partial charge is 0.224 e. The van der Waals surface area contributed by atoms with Crippen molar-refractivity contribution in [3.8, 4) is 11.5 Å². The largest absolute Gasteiger partial charge is 0.506 e. The van der Waals surface area contributed by atoms with E-state index < -0.39 is 0 Å². The molecule has 0 aromatic heterocycles. The molecule has 2 rings (SSSR count). The van der Waals surface area contributed by atoms with Crippen LogP contribution in [0.2, 0.25) is 0 Å². The van der Waals surface area contributed by atoms with Crippen LogP contribution in [0.15, 0.2) is 48.5 Å². The number of hydrogen-bond acceptors (Lipinski definition) is 3. The van der Waals surface area contributed by atoms with Gasteiger partial charge in [0.05, 0.1) is 12.3 Å². The Labute approximate surface area is 122 Å². The Morgan fingerprint density at radius 2 is 2.00 bits per heavy atom. The summed E-state index contributed by atoms with van der Waals surface area (Å²) >= 11 is 0. The number of hydrogen-bond donors (Lipinski definition) is 2. The van der Waals surface area contributed by atoms with E-state index in [1.165, 1.54) is 18.2 Å². The minimum absolute atomic E-state index is 0.0295. The van der Waals surface area contributed by atoms with Crippen LogP contribution >= 0.6 is 0 Å². The van der Waals surface area contributed by atoms with Crippen molar-refractivity contribution in [3.63, 3.8) is 0 Å². The van der Waals surface area contributed by atoms with Gasteiger partial charge in [0, 0.05) is 12.5 Å². The molecule has 0 fully saturated rings. The van der Waals surface area contributed by atoms with Gasteiger partial charge in [-0.15, -0.1) is 0 Å². The van der Waals surface area contributed by atoms with Crippen LogP contribution in [0.4, 0.5) is 10.1 Å². The maximum absolute atomic E-state index is 12.9. The van der Waals surface area contributed by atoms with Gasteiger partial charge in [0.25, 0.3) is 0 Å². The molecule has 4 nitrogen and oxygen atoms in total. The molecule has 0 saturated carbocycles. The topological polar surface area (TPSA) is 58.6 Å². The van der Waals surface area contributed by atoms with Gasteiger partial charge in [-0.1, -0.05) is 18.2 Å². The highest BCUT2D eigenvalue weighted by atomic mass is 19.1. The number of phenols is 1. The Hall–Kier alpha value is -2.56. The maximum Gasteiger partial charge on any atom is 0.224 e. The number of benzene rings is 2. The van der Waals surface area contributed by atoms with Crippen LogP contribution in [-0.2, 0) is 4.79 Å². The normalized spacial score (nSPS) is 10.1. The summed E-state index contributed by atoms with van der Waals surface area (Å²) in [6, 6.07) is 12.4. The zero-order valence-electron chi connectivity index (χ0n) is 11.4. The van der Waals surface area contributed by atoms with Crippen molar-refractivity contribution in [1.82, 2.24) is 0 Å². The Balaban J connectivity index is 1.71. The molecule has 2 aromatic rings. The van der Waals surface area contributed by atoms with E-state index >= 15 is 0 Å². The SMILES string of the molecule is O=C(CCCOc1cccc(F)c1)Nc1ccccc1O. The van der Waals surface area contributed by atoms with Crippen molar-refractivity contribution in [3.05, 3.63) is 54.3 Å². The summed E-state index contributed by atoms with van der Waals surface area (Å²) in [5.41, 5.74) is 0.383. The second-order valence-electron chi connectivity index (χ2n) is 4.47.